The van der Waals surface area contributed by atoms with E-state index in [1.807, 2.05) is 6.07 Å². The highest BCUT2D eigenvalue weighted by atomic mass is 35.5. The van der Waals surface area contributed by atoms with Crippen LogP contribution in [0.25, 0.3) is 0 Å². The van der Waals surface area contributed by atoms with Gasteiger partial charge in [-0.2, -0.15) is 0 Å². The first-order chi connectivity index (χ1) is 11.5. The van der Waals surface area contributed by atoms with Crippen molar-refractivity contribution in [1.29, 1.82) is 0 Å². The molecule has 126 valence electrons. The van der Waals surface area contributed by atoms with Gasteiger partial charge in [0.2, 0.25) is 0 Å². The lowest BCUT2D eigenvalue weighted by molar-refractivity contribution is -0.150. The fraction of sp³-hybridized carbons (Fsp3) is 0.176. The summed E-state index contributed by atoms with van der Waals surface area (Å²) in [7, 11) is 0. The molecule has 1 amide bonds. The molecule has 0 spiro atoms. The SMILES string of the molecule is O=C(COC(=O)COc1ccc(Cl)cc1)NCc1ccccc1Cl. The van der Waals surface area contributed by atoms with Gasteiger partial charge in [0.1, 0.15) is 5.75 Å². The van der Waals surface area contributed by atoms with Crippen molar-refractivity contribution in [3.63, 3.8) is 0 Å². The number of hydrogen-bond acceptors (Lipinski definition) is 4. The Morgan fingerprint density at radius 3 is 2.38 bits per heavy atom. The Labute approximate surface area is 149 Å². The average molecular weight is 368 g/mol. The number of carbonyl (C=O) groups is 2. The molecule has 0 aliphatic rings. The van der Waals surface area contributed by atoms with Crippen LogP contribution < -0.4 is 10.1 Å². The molecule has 0 atom stereocenters. The number of nitrogens with one attached hydrogen (secondary N) is 1. The van der Waals surface area contributed by atoms with Gasteiger partial charge in [0, 0.05) is 16.6 Å². The molecule has 0 unspecified atom stereocenters. The molecule has 0 saturated heterocycles. The van der Waals surface area contributed by atoms with E-state index in [1.54, 1.807) is 42.5 Å². The molecule has 0 heterocycles. The van der Waals surface area contributed by atoms with Crippen molar-refractivity contribution in [3.05, 3.63) is 64.1 Å². The number of amides is 1. The number of ether oxygens (including phenoxy) is 2. The second-order valence-corrected chi connectivity index (χ2v) is 5.62. The molecule has 0 bridgehead atoms. The van der Waals surface area contributed by atoms with E-state index >= 15 is 0 Å². The van der Waals surface area contributed by atoms with Crippen LogP contribution in [-0.4, -0.2) is 25.1 Å². The van der Waals surface area contributed by atoms with E-state index in [4.69, 9.17) is 32.7 Å². The zero-order valence-electron chi connectivity index (χ0n) is 12.6. The summed E-state index contributed by atoms with van der Waals surface area (Å²) in [6, 6.07) is 13.7. The van der Waals surface area contributed by atoms with Gasteiger partial charge >= 0.3 is 5.97 Å². The number of carbonyl (C=O) groups excluding carboxylic acids is 2. The van der Waals surface area contributed by atoms with Gasteiger partial charge in [-0.3, -0.25) is 4.79 Å². The Kier molecular flexibility index (Phi) is 6.90. The van der Waals surface area contributed by atoms with E-state index < -0.39 is 11.9 Å². The fourth-order valence-corrected chi connectivity index (χ4v) is 2.08. The van der Waals surface area contributed by atoms with E-state index in [9.17, 15) is 9.59 Å². The maximum atomic E-state index is 11.7. The van der Waals surface area contributed by atoms with Crippen LogP contribution in [0.4, 0.5) is 0 Å². The summed E-state index contributed by atoms with van der Waals surface area (Å²) in [6.07, 6.45) is 0. The monoisotopic (exact) mass is 367 g/mol. The minimum Gasteiger partial charge on any atom is -0.482 e. The third-order valence-electron chi connectivity index (χ3n) is 2.97. The first-order valence-electron chi connectivity index (χ1n) is 7.08. The van der Waals surface area contributed by atoms with Crippen molar-refractivity contribution in [2.75, 3.05) is 13.2 Å². The van der Waals surface area contributed by atoms with Crippen LogP contribution >= 0.6 is 23.2 Å². The largest absolute Gasteiger partial charge is 0.482 e. The molecule has 0 aromatic heterocycles. The first kappa shape index (κ1) is 18.1. The van der Waals surface area contributed by atoms with Gasteiger partial charge < -0.3 is 14.8 Å². The highest BCUT2D eigenvalue weighted by Gasteiger charge is 2.09. The summed E-state index contributed by atoms with van der Waals surface area (Å²) in [4.78, 5) is 23.2. The van der Waals surface area contributed by atoms with E-state index in [2.05, 4.69) is 5.32 Å². The lowest BCUT2D eigenvalue weighted by Crippen LogP contribution is -2.29. The molecule has 1 N–H and O–H groups in total. The molecule has 0 radical (unpaired) electrons. The van der Waals surface area contributed by atoms with E-state index in [1.165, 1.54) is 0 Å². The Balaban J connectivity index is 1.66. The maximum absolute atomic E-state index is 11.7. The van der Waals surface area contributed by atoms with Crippen LogP contribution in [-0.2, 0) is 20.9 Å². The number of esters is 1. The van der Waals surface area contributed by atoms with E-state index in [0.29, 0.717) is 15.8 Å². The predicted molar refractivity (Wildman–Crippen MR) is 91.2 cm³/mol. The van der Waals surface area contributed by atoms with Gasteiger partial charge in [-0.15, -0.1) is 0 Å². The van der Waals surface area contributed by atoms with Crippen LogP contribution in [0, 0.1) is 0 Å². The Morgan fingerprint density at radius 2 is 1.67 bits per heavy atom. The highest BCUT2D eigenvalue weighted by Crippen LogP contribution is 2.15. The second kappa shape index (κ2) is 9.15. The van der Waals surface area contributed by atoms with E-state index in [0.717, 1.165) is 5.56 Å². The molecule has 0 fully saturated rings. The Hall–Kier alpha value is -2.24. The van der Waals surface area contributed by atoms with Crippen LogP contribution in [0.2, 0.25) is 10.0 Å². The van der Waals surface area contributed by atoms with Crippen LogP contribution in [0.1, 0.15) is 5.56 Å². The van der Waals surface area contributed by atoms with E-state index in [-0.39, 0.29) is 19.8 Å². The van der Waals surface area contributed by atoms with Crippen molar-refractivity contribution < 1.29 is 19.1 Å². The normalized spacial score (nSPS) is 10.1. The van der Waals surface area contributed by atoms with Gasteiger partial charge in [0.25, 0.3) is 5.91 Å². The van der Waals surface area contributed by atoms with Crippen molar-refractivity contribution in [1.82, 2.24) is 5.32 Å². The van der Waals surface area contributed by atoms with Gasteiger partial charge in [0.15, 0.2) is 13.2 Å². The van der Waals surface area contributed by atoms with Crippen molar-refractivity contribution >= 4 is 35.1 Å². The average Bonchev–Trinajstić information content (AvgIpc) is 2.58. The molecular formula is C17H15Cl2NO4. The van der Waals surface area contributed by atoms with Gasteiger partial charge in [-0.1, -0.05) is 41.4 Å². The van der Waals surface area contributed by atoms with Crippen molar-refractivity contribution in [2.24, 2.45) is 0 Å². The third-order valence-corrected chi connectivity index (χ3v) is 3.59. The first-order valence-corrected chi connectivity index (χ1v) is 7.84. The lowest BCUT2D eigenvalue weighted by atomic mass is 10.2. The standard InChI is InChI=1S/C17H15Cl2NO4/c18-13-5-7-14(8-6-13)23-11-17(22)24-10-16(21)20-9-12-3-1-2-4-15(12)19/h1-8H,9-11H2,(H,20,21). The fourth-order valence-electron chi connectivity index (χ4n) is 1.75. The van der Waals surface area contributed by atoms with Crippen molar-refractivity contribution in [2.45, 2.75) is 6.54 Å². The number of benzene rings is 2. The number of halogens is 2. The molecule has 2 aromatic rings. The van der Waals surface area contributed by atoms with Gasteiger partial charge in [-0.25, -0.2) is 4.79 Å². The minimum absolute atomic E-state index is 0.261. The molecule has 0 saturated carbocycles. The summed E-state index contributed by atoms with van der Waals surface area (Å²) < 4.78 is 10.1. The molecule has 24 heavy (non-hydrogen) atoms. The molecule has 2 rings (SSSR count). The molecule has 5 nitrogen and oxygen atoms in total. The highest BCUT2D eigenvalue weighted by molar-refractivity contribution is 6.31. The van der Waals surface area contributed by atoms with Crippen LogP contribution in [0.15, 0.2) is 48.5 Å². The number of rotatable bonds is 7. The zero-order valence-corrected chi connectivity index (χ0v) is 14.1. The van der Waals surface area contributed by atoms with Gasteiger partial charge in [0.05, 0.1) is 0 Å². The molecule has 7 heteroatoms. The van der Waals surface area contributed by atoms with Gasteiger partial charge in [-0.05, 0) is 35.9 Å². The molecule has 0 aliphatic carbocycles. The van der Waals surface area contributed by atoms with Crippen LogP contribution in [0.5, 0.6) is 5.75 Å². The summed E-state index contributed by atoms with van der Waals surface area (Å²) in [6.45, 7) is -0.413. The molecular weight excluding hydrogens is 353 g/mol. The summed E-state index contributed by atoms with van der Waals surface area (Å²) in [5.41, 5.74) is 0.782. The topological polar surface area (TPSA) is 64.6 Å². The zero-order chi connectivity index (χ0) is 17.4. The van der Waals surface area contributed by atoms with Crippen LogP contribution in [0.3, 0.4) is 0 Å². The minimum atomic E-state index is -0.641. The Morgan fingerprint density at radius 1 is 0.958 bits per heavy atom. The van der Waals surface area contributed by atoms with Crippen molar-refractivity contribution in [3.8, 4) is 5.75 Å². The predicted octanol–water partition coefficient (Wildman–Crippen LogP) is 3.23. The second-order valence-electron chi connectivity index (χ2n) is 4.77. The summed E-state index contributed by atoms with van der Waals surface area (Å²) >= 11 is 11.7. The lowest BCUT2D eigenvalue weighted by Gasteiger charge is -2.08. The summed E-state index contributed by atoms with van der Waals surface area (Å²) in [5.74, 6) is -0.577. The Bertz CT molecular complexity index is 704. The smallest absolute Gasteiger partial charge is 0.344 e. The maximum Gasteiger partial charge on any atom is 0.344 e. The number of hydrogen-bond donors (Lipinski definition) is 1. The molecule has 0 aliphatic heterocycles. The molecule has 2 aromatic carbocycles. The summed E-state index contributed by atoms with van der Waals surface area (Å²) in [5, 5.41) is 3.75. The quantitative estimate of drug-likeness (QED) is 0.763. The third kappa shape index (κ3) is 6.10.